The van der Waals surface area contributed by atoms with Crippen LogP contribution in [0.4, 0.5) is 4.39 Å². The Balaban J connectivity index is 1.64. The molecule has 6 nitrogen and oxygen atoms in total. The van der Waals surface area contributed by atoms with Gasteiger partial charge in [0.15, 0.2) is 11.6 Å². The van der Waals surface area contributed by atoms with Crippen LogP contribution in [0.25, 0.3) is 0 Å². The Bertz CT molecular complexity index is 658. The van der Waals surface area contributed by atoms with Crippen LogP contribution < -0.4 is 10.5 Å². The fourth-order valence-electron chi connectivity index (χ4n) is 3.82. The molecule has 2 heterocycles. The largest absolute Gasteiger partial charge is 0.494 e. The monoisotopic (exact) mass is 350 g/mol. The Morgan fingerprint density at radius 2 is 2.00 bits per heavy atom. The summed E-state index contributed by atoms with van der Waals surface area (Å²) in [5.74, 6) is -1.29. The molecule has 0 aromatic heterocycles. The van der Waals surface area contributed by atoms with Crippen molar-refractivity contribution in [2.75, 3.05) is 26.8 Å². The molecule has 0 bridgehead atoms. The summed E-state index contributed by atoms with van der Waals surface area (Å²) >= 11 is 0. The highest BCUT2D eigenvalue weighted by Gasteiger charge is 2.40. The number of halogens is 1. The van der Waals surface area contributed by atoms with E-state index in [4.69, 9.17) is 15.2 Å². The van der Waals surface area contributed by atoms with Crippen LogP contribution in [0.15, 0.2) is 18.2 Å². The van der Waals surface area contributed by atoms with E-state index in [9.17, 15) is 14.0 Å². The Kier molecular flexibility index (Phi) is 5.22. The molecule has 7 heteroatoms. The van der Waals surface area contributed by atoms with E-state index in [1.807, 2.05) is 0 Å². The number of likely N-dealkylation sites (tertiary alicyclic amines) is 1. The van der Waals surface area contributed by atoms with Crippen LogP contribution in [0.5, 0.6) is 5.75 Å². The first-order valence-corrected chi connectivity index (χ1v) is 8.55. The molecule has 2 saturated heterocycles. The van der Waals surface area contributed by atoms with Crippen molar-refractivity contribution in [3.63, 3.8) is 0 Å². The summed E-state index contributed by atoms with van der Waals surface area (Å²) in [5, 5.41) is 0. The van der Waals surface area contributed by atoms with Gasteiger partial charge in [-0.15, -0.1) is 0 Å². The molecule has 2 aliphatic rings. The fraction of sp³-hybridized carbons (Fsp3) is 0.556. The van der Waals surface area contributed by atoms with Gasteiger partial charge < -0.3 is 20.1 Å². The molecule has 1 aromatic rings. The van der Waals surface area contributed by atoms with E-state index in [0.29, 0.717) is 39.0 Å². The number of nitrogens with zero attached hydrogens (tertiary/aromatic N) is 1. The minimum absolute atomic E-state index is 0.0185. The number of piperidine rings is 1. The van der Waals surface area contributed by atoms with E-state index in [1.165, 1.54) is 19.2 Å². The first-order valence-electron chi connectivity index (χ1n) is 8.55. The number of benzene rings is 1. The lowest BCUT2D eigenvalue weighted by Crippen LogP contribution is -2.44. The van der Waals surface area contributed by atoms with Gasteiger partial charge in [0.25, 0.3) is 5.91 Å². The lowest BCUT2D eigenvalue weighted by Gasteiger charge is -2.35. The van der Waals surface area contributed by atoms with Gasteiger partial charge >= 0.3 is 0 Å². The number of nitrogens with two attached hydrogens (primary N) is 1. The summed E-state index contributed by atoms with van der Waals surface area (Å²) in [7, 11) is 1.37. The minimum atomic E-state index is -0.634. The zero-order valence-corrected chi connectivity index (χ0v) is 14.2. The van der Waals surface area contributed by atoms with Gasteiger partial charge in [-0.25, -0.2) is 4.39 Å². The van der Waals surface area contributed by atoms with Crippen LogP contribution in [0.3, 0.4) is 0 Å². The van der Waals surface area contributed by atoms with E-state index >= 15 is 0 Å². The number of carbonyl (C=O) groups excluding carboxylic acids is 2. The van der Waals surface area contributed by atoms with Crippen LogP contribution in [0, 0.1) is 17.7 Å². The van der Waals surface area contributed by atoms with Crippen molar-refractivity contribution in [1.29, 1.82) is 0 Å². The molecule has 1 aromatic carbocycles. The van der Waals surface area contributed by atoms with Crippen LogP contribution in [-0.4, -0.2) is 49.6 Å². The van der Waals surface area contributed by atoms with Gasteiger partial charge in [0.1, 0.15) is 0 Å². The SMILES string of the molecule is COc1cccc(C(=O)N2CCC([C@H]3OCC[C@@H]3C(N)=O)CC2)c1F. The summed E-state index contributed by atoms with van der Waals surface area (Å²) in [5.41, 5.74) is 5.47. The predicted molar refractivity (Wildman–Crippen MR) is 88.6 cm³/mol. The second-order valence-corrected chi connectivity index (χ2v) is 6.58. The molecule has 2 fully saturated rings. The molecule has 0 aliphatic carbocycles. The molecule has 2 N–H and O–H groups in total. The zero-order valence-electron chi connectivity index (χ0n) is 14.2. The molecule has 0 unspecified atom stereocenters. The molecular weight excluding hydrogens is 327 g/mol. The number of ether oxygens (including phenoxy) is 2. The van der Waals surface area contributed by atoms with Crippen molar-refractivity contribution in [2.24, 2.45) is 17.6 Å². The second kappa shape index (κ2) is 7.39. The quantitative estimate of drug-likeness (QED) is 0.894. The average molecular weight is 350 g/mol. The summed E-state index contributed by atoms with van der Waals surface area (Å²) in [4.78, 5) is 25.8. The van der Waals surface area contributed by atoms with E-state index in [1.54, 1.807) is 11.0 Å². The third-order valence-electron chi connectivity index (χ3n) is 5.21. The van der Waals surface area contributed by atoms with E-state index in [-0.39, 0.29) is 41.1 Å². The lowest BCUT2D eigenvalue weighted by molar-refractivity contribution is -0.124. The molecule has 3 rings (SSSR count). The van der Waals surface area contributed by atoms with Gasteiger partial charge in [0, 0.05) is 19.7 Å². The van der Waals surface area contributed by atoms with Crippen LogP contribution in [0.1, 0.15) is 29.6 Å². The maximum atomic E-state index is 14.3. The highest BCUT2D eigenvalue weighted by atomic mass is 19.1. The summed E-state index contributed by atoms with van der Waals surface area (Å²) in [6, 6.07) is 4.56. The van der Waals surface area contributed by atoms with E-state index < -0.39 is 5.82 Å². The average Bonchev–Trinajstić information content (AvgIpc) is 3.11. The second-order valence-electron chi connectivity index (χ2n) is 6.58. The standard InChI is InChI=1S/C18H23FN2O4/c1-24-14-4-2-3-12(15(14)19)18(23)21-8-5-11(6-9-21)16-13(17(20)22)7-10-25-16/h2-4,11,13,16H,5-10H2,1H3,(H2,20,22)/t13-,16+/m0/s1. The minimum Gasteiger partial charge on any atom is -0.494 e. The maximum absolute atomic E-state index is 14.3. The Hall–Kier alpha value is -2.15. The van der Waals surface area contributed by atoms with Crippen LogP contribution in [-0.2, 0) is 9.53 Å². The normalized spacial score (nSPS) is 24.3. The molecule has 0 radical (unpaired) electrons. The third kappa shape index (κ3) is 3.46. The number of hydrogen-bond acceptors (Lipinski definition) is 4. The van der Waals surface area contributed by atoms with E-state index in [0.717, 1.165) is 0 Å². The number of primary amides is 1. The molecule has 2 aliphatic heterocycles. The third-order valence-corrected chi connectivity index (χ3v) is 5.21. The maximum Gasteiger partial charge on any atom is 0.256 e. The molecular formula is C18H23FN2O4. The summed E-state index contributed by atoms with van der Waals surface area (Å²) in [6.07, 6.45) is 1.93. The van der Waals surface area contributed by atoms with Crippen molar-refractivity contribution in [1.82, 2.24) is 4.90 Å². The summed E-state index contributed by atoms with van der Waals surface area (Å²) < 4.78 is 24.9. The predicted octanol–water partition coefficient (Wildman–Crippen LogP) is 1.58. The van der Waals surface area contributed by atoms with Crippen molar-refractivity contribution in [3.8, 4) is 5.75 Å². The molecule has 2 amide bonds. The first-order chi connectivity index (χ1) is 12.0. The van der Waals surface area contributed by atoms with Gasteiger partial charge in [0.2, 0.25) is 5.91 Å². The first kappa shape index (κ1) is 17.7. The highest BCUT2D eigenvalue weighted by Crippen LogP contribution is 2.33. The molecule has 0 spiro atoms. The van der Waals surface area contributed by atoms with Crippen molar-refractivity contribution in [2.45, 2.75) is 25.4 Å². The number of rotatable bonds is 4. The molecule has 0 saturated carbocycles. The number of carbonyl (C=O) groups is 2. The topological polar surface area (TPSA) is 81.9 Å². The number of hydrogen-bond donors (Lipinski definition) is 1. The molecule has 136 valence electrons. The fourth-order valence-corrected chi connectivity index (χ4v) is 3.82. The van der Waals surface area contributed by atoms with Crippen LogP contribution in [0.2, 0.25) is 0 Å². The van der Waals surface area contributed by atoms with Gasteiger partial charge in [-0.3, -0.25) is 9.59 Å². The molecule has 2 atom stereocenters. The zero-order chi connectivity index (χ0) is 18.0. The highest BCUT2D eigenvalue weighted by molar-refractivity contribution is 5.95. The van der Waals surface area contributed by atoms with Gasteiger partial charge in [-0.2, -0.15) is 0 Å². The van der Waals surface area contributed by atoms with Gasteiger partial charge in [-0.05, 0) is 37.3 Å². The summed E-state index contributed by atoms with van der Waals surface area (Å²) in [6.45, 7) is 1.56. The molecule has 25 heavy (non-hydrogen) atoms. The number of methoxy groups -OCH3 is 1. The van der Waals surface area contributed by atoms with Crippen LogP contribution >= 0.6 is 0 Å². The lowest BCUT2D eigenvalue weighted by atomic mass is 9.84. The van der Waals surface area contributed by atoms with Gasteiger partial charge in [0.05, 0.1) is 24.7 Å². The Morgan fingerprint density at radius 3 is 2.64 bits per heavy atom. The smallest absolute Gasteiger partial charge is 0.256 e. The van der Waals surface area contributed by atoms with E-state index in [2.05, 4.69) is 0 Å². The Morgan fingerprint density at radius 1 is 1.28 bits per heavy atom. The Labute approximate surface area is 146 Å². The van der Waals surface area contributed by atoms with Gasteiger partial charge in [-0.1, -0.05) is 6.07 Å². The number of amides is 2. The van der Waals surface area contributed by atoms with Crippen molar-refractivity contribution >= 4 is 11.8 Å². The van der Waals surface area contributed by atoms with Crippen molar-refractivity contribution < 1.29 is 23.5 Å². The van der Waals surface area contributed by atoms with Crippen molar-refractivity contribution in [3.05, 3.63) is 29.6 Å².